The van der Waals surface area contributed by atoms with Crippen molar-refractivity contribution in [3.8, 4) is 0 Å². The van der Waals surface area contributed by atoms with Crippen molar-refractivity contribution in [2.24, 2.45) is 11.3 Å². The van der Waals surface area contributed by atoms with Crippen LogP contribution >= 0.6 is 27.5 Å². The highest BCUT2D eigenvalue weighted by atomic mass is 79.9. The van der Waals surface area contributed by atoms with Crippen LogP contribution in [0.4, 0.5) is 4.39 Å². The molecular weight excluding hydrogens is 290 g/mol. The molecule has 1 atom stereocenters. The van der Waals surface area contributed by atoms with Gasteiger partial charge in [0.2, 0.25) is 0 Å². The fourth-order valence-electron chi connectivity index (χ4n) is 1.54. The molecule has 0 radical (unpaired) electrons. The molecule has 1 rings (SSSR count). The highest BCUT2D eigenvalue weighted by Gasteiger charge is 2.24. The molecule has 90 valence electrons. The Kier molecular flexibility index (Phi) is 4.81. The zero-order chi connectivity index (χ0) is 12.3. The fraction of sp³-hybridized carbons (Fsp3) is 0.538. The topological polar surface area (TPSA) is 0 Å². The average molecular weight is 308 g/mol. The Morgan fingerprint density at radius 2 is 2.00 bits per heavy atom. The minimum Gasteiger partial charge on any atom is -0.207 e. The van der Waals surface area contributed by atoms with E-state index in [2.05, 4.69) is 36.7 Å². The van der Waals surface area contributed by atoms with Crippen molar-refractivity contribution in [1.82, 2.24) is 0 Å². The van der Waals surface area contributed by atoms with Crippen molar-refractivity contribution in [3.63, 3.8) is 0 Å². The molecule has 0 aromatic heterocycles. The molecule has 1 unspecified atom stereocenters. The largest absolute Gasteiger partial charge is 0.207 e. The summed E-state index contributed by atoms with van der Waals surface area (Å²) >= 11 is 9.21. The normalized spacial score (nSPS) is 13.9. The summed E-state index contributed by atoms with van der Waals surface area (Å²) in [6, 6.07) is 5.19. The number of alkyl halides is 1. The maximum Gasteiger partial charge on any atom is 0.127 e. The molecular formula is C13H17BrClF. The van der Waals surface area contributed by atoms with Crippen LogP contribution in [-0.4, -0.2) is 5.88 Å². The van der Waals surface area contributed by atoms with Gasteiger partial charge in [0.1, 0.15) is 5.82 Å². The molecule has 0 heterocycles. The number of rotatable bonds is 3. The first-order chi connectivity index (χ1) is 7.34. The van der Waals surface area contributed by atoms with Gasteiger partial charge in [0.05, 0.1) is 0 Å². The summed E-state index contributed by atoms with van der Waals surface area (Å²) in [5, 5.41) is 0. The Bertz CT molecular complexity index is 357. The second-order valence-corrected chi connectivity index (χ2v) is 6.38. The van der Waals surface area contributed by atoms with E-state index in [9.17, 15) is 4.39 Å². The Labute approximate surface area is 110 Å². The van der Waals surface area contributed by atoms with E-state index in [1.807, 2.05) is 12.1 Å². The SMILES string of the molecule is CC(C)(C)C(CCl)Cc1ccc(Br)cc1F. The van der Waals surface area contributed by atoms with Crippen LogP contribution in [0, 0.1) is 17.2 Å². The summed E-state index contributed by atoms with van der Waals surface area (Å²) in [7, 11) is 0. The van der Waals surface area contributed by atoms with Crippen molar-refractivity contribution in [3.05, 3.63) is 34.1 Å². The Morgan fingerprint density at radius 3 is 2.44 bits per heavy atom. The van der Waals surface area contributed by atoms with Crippen molar-refractivity contribution < 1.29 is 4.39 Å². The summed E-state index contributed by atoms with van der Waals surface area (Å²) in [5.74, 6) is 0.678. The first-order valence-electron chi connectivity index (χ1n) is 5.34. The molecule has 0 aliphatic rings. The summed E-state index contributed by atoms with van der Waals surface area (Å²) < 4.78 is 14.4. The smallest absolute Gasteiger partial charge is 0.127 e. The molecule has 0 saturated heterocycles. The van der Waals surface area contributed by atoms with Gasteiger partial charge < -0.3 is 0 Å². The molecule has 0 bridgehead atoms. The maximum absolute atomic E-state index is 13.7. The first-order valence-corrected chi connectivity index (χ1v) is 6.67. The maximum atomic E-state index is 13.7. The molecule has 0 saturated carbocycles. The molecule has 0 aliphatic heterocycles. The molecule has 1 aromatic carbocycles. The van der Waals surface area contributed by atoms with Gasteiger partial charge in [0, 0.05) is 10.4 Å². The van der Waals surface area contributed by atoms with Crippen molar-refractivity contribution in [2.45, 2.75) is 27.2 Å². The van der Waals surface area contributed by atoms with Crippen LogP contribution in [-0.2, 0) is 6.42 Å². The molecule has 0 aliphatic carbocycles. The van der Waals surface area contributed by atoms with Crippen LogP contribution in [0.15, 0.2) is 22.7 Å². The van der Waals surface area contributed by atoms with Crippen LogP contribution in [0.2, 0.25) is 0 Å². The monoisotopic (exact) mass is 306 g/mol. The quantitative estimate of drug-likeness (QED) is 0.687. The number of hydrogen-bond acceptors (Lipinski definition) is 0. The highest BCUT2D eigenvalue weighted by Crippen LogP contribution is 2.31. The van der Waals surface area contributed by atoms with E-state index in [0.29, 0.717) is 12.3 Å². The number of halogens is 3. The van der Waals surface area contributed by atoms with Crippen molar-refractivity contribution >= 4 is 27.5 Å². The van der Waals surface area contributed by atoms with Gasteiger partial charge in [-0.25, -0.2) is 4.39 Å². The van der Waals surface area contributed by atoms with E-state index in [-0.39, 0.29) is 17.2 Å². The second-order valence-electron chi connectivity index (χ2n) is 5.16. The van der Waals surface area contributed by atoms with Crippen molar-refractivity contribution in [1.29, 1.82) is 0 Å². The van der Waals surface area contributed by atoms with Crippen LogP contribution in [0.5, 0.6) is 0 Å². The number of benzene rings is 1. The lowest BCUT2D eigenvalue weighted by Gasteiger charge is -2.29. The van der Waals surface area contributed by atoms with Gasteiger partial charge in [0.25, 0.3) is 0 Å². The fourth-order valence-corrected chi connectivity index (χ4v) is 2.45. The standard InChI is InChI=1S/C13H17BrClF/c1-13(2,3)10(8-15)6-9-4-5-11(14)7-12(9)16/h4-5,7,10H,6,8H2,1-3H3. The minimum absolute atomic E-state index is 0.0985. The van der Waals surface area contributed by atoms with E-state index in [1.54, 1.807) is 0 Å². The van der Waals surface area contributed by atoms with Gasteiger partial charge >= 0.3 is 0 Å². The zero-order valence-electron chi connectivity index (χ0n) is 9.86. The van der Waals surface area contributed by atoms with Crippen LogP contribution in [0.3, 0.4) is 0 Å². The average Bonchev–Trinajstić information content (AvgIpc) is 2.14. The zero-order valence-corrected chi connectivity index (χ0v) is 12.2. The third-order valence-corrected chi connectivity index (χ3v) is 3.76. The lowest BCUT2D eigenvalue weighted by molar-refractivity contribution is 0.262. The van der Waals surface area contributed by atoms with E-state index in [1.165, 1.54) is 6.07 Å². The minimum atomic E-state index is -0.159. The molecule has 1 aromatic rings. The van der Waals surface area contributed by atoms with Crippen LogP contribution < -0.4 is 0 Å². The van der Waals surface area contributed by atoms with Gasteiger partial charge in [-0.15, -0.1) is 11.6 Å². The van der Waals surface area contributed by atoms with E-state index < -0.39 is 0 Å². The third-order valence-electron chi connectivity index (χ3n) is 2.89. The molecule has 0 nitrogen and oxygen atoms in total. The molecule has 0 spiro atoms. The molecule has 16 heavy (non-hydrogen) atoms. The van der Waals surface area contributed by atoms with Crippen LogP contribution in [0.1, 0.15) is 26.3 Å². The summed E-state index contributed by atoms with van der Waals surface area (Å²) in [4.78, 5) is 0. The molecule has 0 N–H and O–H groups in total. The summed E-state index contributed by atoms with van der Waals surface area (Å²) in [6.07, 6.45) is 0.687. The summed E-state index contributed by atoms with van der Waals surface area (Å²) in [6.45, 7) is 6.41. The van der Waals surface area contributed by atoms with E-state index in [4.69, 9.17) is 11.6 Å². The van der Waals surface area contributed by atoms with Gasteiger partial charge in [-0.1, -0.05) is 42.8 Å². The Balaban J connectivity index is 2.86. The van der Waals surface area contributed by atoms with Gasteiger partial charge in [-0.3, -0.25) is 0 Å². The molecule has 3 heteroatoms. The highest BCUT2D eigenvalue weighted by molar-refractivity contribution is 9.10. The van der Waals surface area contributed by atoms with Gasteiger partial charge in [-0.05, 0) is 35.4 Å². The van der Waals surface area contributed by atoms with Crippen LogP contribution in [0.25, 0.3) is 0 Å². The van der Waals surface area contributed by atoms with E-state index in [0.717, 1.165) is 10.0 Å². The predicted octanol–water partition coefficient (Wildman–Crippen LogP) is 5.03. The lowest BCUT2D eigenvalue weighted by atomic mass is 9.78. The molecule has 0 amide bonds. The predicted molar refractivity (Wildman–Crippen MR) is 71.5 cm³/mol. The number of hydrogen-bond donors (Lipinski definition) is 0. The van der Waals surface area contributed by atoms with E-state index >= 15 is 0 Å². The summed E-state index contributed by atoms with van der Waals surface area (Å²) in [5.41, 5.74) is 0.838. The van der Waals surface area contributed by atoms with Gasteiger partial charge in [0.15, 0.2) is 0 Å². The Hall–Kier alpha value is -0.0800. The third kappa shape index (κ3) is 3.74. The first kappa shape index (κ1) is 14.0. The van der Waals surface area contributed by atoms with Crippen molar-refractivity contribution in [2.75, 3.05) is 5.88 Å². The van der Waals surface area contributed by atoms with Gasteiger partial charge in [-0.2, -0.15) is 0 Å². The second kappa shape index (κ2) is 5.50. The lowest BCUT2D eigenvalue weighted by Crippen LogP contribution is -2.24. The Morgan fingerprint density at radius 1 is 1.38 bits per heavy atom. The molecule has 0 fully saturated rings.